The van der Waals surface area contributed by atoms with Crippen molar-refractivity contribution in [3.05, 3.63) is 41.8 Å². The average Bonchev–Trinajstić information content (AvgIpc) is 2.51. The summed E-state index contributed by atoms with van der Waals surface area (Å²) in [7, 11) is 1.53. The second-order valence-electron chi connectivity index (χ2n) is 4.77. The van der Waals surface area contributed by atoms with Crippen molar-refractivity contribution < 1.29 is 22.3 Å². The Balaban J connectivity index is 2.39. The molecule has 23 heavy (non-hydrogen) atoms. The smallest absolute Gasteiger partial charge is 0.423 e. The largest absolute Gasteiger partial charge is 0.477 e. The lowest BCUT2D eigenvalue weighted by atomic mass is 10.3. The monoisotopic (exact) mass is 329 g/mol. The zero-order valence-corrected chi connectivity index (χ0v) is 12.6. The van der Waals surface area contributed by atoms with Crippen molar-refractivity contribution >= 4 is 11.6 Å². The summed E-state index contributed by atoms with van der Waals surface area (Å²) in [5.41, 5.74) is -0.631. The fourth-order valence-electron chi connectivity index (χ4n) is 1.82. The van der Waals surface area contributed by atoms with Crippen molar-refractivity contribution in [1.82, 2.24) is 9.97 Å². The van der Waals surface area contributed by atoms with E-state index in [4.69, 9.17) is 4.74 Å². The van der Waals surface area contributed by atoms with E-state index in [0.717, 1.165) is 0 Å². The summed E-state index contributed by atoms with van der Waals surface area (Å²) < 4.78 is 57.2. The maximum absolute atomic E-state index is 13.3. The summed E-state index contributed by atoms with van der Waals surface area (Å²) in [5, 5.41) is 0. The molecular formula is C15H15F4N3O. The Morgan fingerprint density at radius 2 is 2.00 bits per heavy atom. The van der Waals surface area contributed by atoms with Gasteiger partial charge in [-0.2, -0.15) is 18.2 Å². The van der Waals surface area contributed by atoms with Gasteiger partial charge in [0.1, 0.15) is 11.4 Å². The molecule has 0 N–H and O–H groups in total. The number of ether oxygens (including phenoxy) is 1. The van der Waals surface area contributed by atoms with Crippen molar-refractivity contribution in [1.29, 1.82) is 0 Å². The van der Waals surface area contributed by atoms with Crippen molar-refractivity contribution in [3.63, 3.8) is 0 Å². The first-order chi connectivity index (χ1) is 10.8. The number of hydrogen-bond donors (Lipinski definition) is 0. The molecule has 0 bridgehead atoms. The lowest BCUT2D eigenvalue weighted by molar-refractivity contribution is -0.139. The molecule has 1 aromatic carbocycles. The summed E-state index contributed by atoms with van der Waals surface area (Å²) in [6.45, 7) is 1.87. The van der Waals surface area contributed by atoms with Crippen LogP contribution in [0.3, 0.4) is 0 Å². The van der Waals surface area contributed by atoms with Crippen LogP contribution in [0.4, 0.5) is 29.2 Å². The molecule has 0 aliphatic rings. The van der Waals surface area contributed by atoms with Gasteiger partial charge in [-0.1, -0.05) is 13.0 Å². The van der Waals surface area contributed by atoms with Crippen molar-refractivity contribution in [2.24, 2.45) is 0 Å². The van der Waals surface area contributed by atoms with Gasteiger partial charge in [-0.15, -0.1) is 0 Å². The van der Waals surface area contributed by atoms with E-state index in [-0.39, 0.29) is 12.6 Å². The summed E-state index contributed by atoms with van der Waals surface area (Å²) >= 11 is 0. The molecule has 0 saturated heterocycles. The van der Waals surface area contributed by atoms with Crippen LogP contribution in [0.15, 0.2) is 30.5 Å². The van der Waals surface area contributed by atoms with E-state index in [1.54, 1.807) is 13.0 Å². The summed E-state index contributed by atoms with van der Waals surface area (Å²) in [6.07, 6.45) is -3.40. The van der Waals surface area contributed by atoms with Gasteiger partial charge in [-0.05, 0) is 24.6 Å². The number of hydrogen-bond acceptors (Lipinski definition) is 4. The minimum atomic E-state index is -4.61. The normalized spacial score (nSPS) is 11.4. The highest BCUT2D eigenvalue weighted by Gasteiger charge is 2.36. The van der Waals surface area contributed by atoms with Gasteiger partial charge in [-0.3, -0.25) is 0 Å². The predicted molar refractivity (Wildman–Crippen MR) is 77.3 cm³/mol. The predicted octanol–water partition coefficient (Wildman–Crippen LogP) is 4.19. The molecule has 0 aliphatic heterocycles. The van der Waals surface area contributed by atoms with E-state index < -0.39 is 23.4 Å². The number of nitrogens with zero attached hydrogens (tertiary/aromatic N) is 3. The van der Waals surface area contributed by atoms with Crippen LogP contribution in [0, 0.1) is 5.82 Å². The van der Waals surface area contributed by atoms with Gasteiger partial charge >= 0.3 is 6.18 Å². The van der Waals surface area contributed by atoms with Crippen molar-refractivity contribution in [2.45, 2.75) is 19.5 Å². The van der Waals surface area contributed by atoms with Crippen LogP contribution in [0.1, 0.15) is 18.9 Å². The van der Waals surface area contributed by atoms with Crippen molar-refractivity contribution in [2.75, 3.05) is 18.6 Å². The molecule has 0 amide bonds. The van der Waals surface area contributed by atoms with E-state index in [2.05, 4.69) is 9.97 Å². The molecule has 0 radical (unpaired) electrons. The van der Waals surface area contributed by atoms with E-state index in [9.17, 15) is 17.6 Å². The Kier molecular flexibility index (Phi) is 5.02. The summed E-state index contributed by atoms with van der Waals surface area (Å²) in [5.74, 6) is -1.02. The van der Waals surface area contributed by atoms with E-state index in [1.807, 2.05) is 0 Å². The zero-order chi connectivity index (χ0) is 17.0. The molecule has 0 saturated carbocycles. The first kappa shape index (κ1) is 17.0. The van der Waals surface area contributed by atoms with E-state index in [0.29, 0.717) is 18.3 Å². The molecule has 8 heteroatoms. The quantitative estimate of drug-likeness (QED) is 0.771. The number of alkyl halides is 3. The Morgan fingerprint density at radius 3 is 2.61 bits per heavy atom. The third-order valence-electron chi connectivity index (χ3n) is 2.98. The van der Waals surface area contributed by atoms with Crippen LogP contribution in [0.5, 0.6) is 5.88 Å². The Bertz CT molecular complexity index is 676. The molecular weight excluding hydrogens is 314 g/mol. The lowest BCUT2D eigenvalue weighted by Gasteiger charge is -2.19. The number of halogens is 4. The molecule has 2 aromatic rings. The SMILES string of the molecule is CCCOc1nc(N(C)c2cccc(F)c2)ncc1C(F)(F)F. The van der Waals surface area contributed by atoms with Gasteiger partial charge in [0.15, 0.2) is 0 Å². The second-order valence-corrected chi connectivity index (χ2v) is 4.77. The molecule has 124 valence electrons. The molecule has 0 spiro atoms. The average molecular weight is 329 g/mol. The van der Waals surface area contributed by atoms with Crippen LogP contribution < -0.4 is 9.64 Å². The topological polar surface area (TPSA) is 38.2 Å². The highest BCUT2D eigenvalue weighted by atomic mass is 19.4. The number of anilines is 2. The molecule has 1 heterocycles. The molecule has 4 nitrogen and oxygen atoms in total. The third-order valence-corrected chi connectivity index (χ3v) is 2.98. The summed E-state index contributed by atoms with van der Waals surface area (Å²) in [6, 6.07) is 5.57. The molecule has 2 rings (SSSR count). The van der Waals surface area contributed by atoms with Crippen LogP contribution in [0.25, 0.3) is 0 Å². The lowest BCUT2D eigenvalue weighted by Crippen LogP contribution is -2.17. The second kappa shape index (κ2) is 6.80. The zero-order valence-electron chi connectivity index (χ0n) is 12.6. The van der Waals surface area contributed by atoms with Crippen molar-refractivity contribution in [3.8, 4) is 5.88 Å². The van der Waals surface area contributed by atoms with Gasteiger partial charge in [0, 0.05) is 18.9 Å². The molecule has 0 unspecified atom stereocenters. The fraction of sp³-hybridized carbons (Fsp3) is 0.333. The first-order valence-electron chi connectivity index (χ1n) is 6.89. The Labute approximate surface area is 130 Å². The first-order valence-corrected chi connectivity index (χ1v) is 6.89. The molecule has 1 aromatic heterocycles. The molecule has 0 atom stereocenters. The van der Waals surface area contributed by atoms with Crippen LogP contribution in [0.2, 0.25) is 0 Å². The maximum atomic E-state index is 13.3. The minimum absolute atomic E-state index is 0.0188. The highest BCUT2D eigenvalue weighted by Crippen LogP contribution is 2.36. The van der Waals surface area contributed by atoms with Gasteiger partial charge < -0.3 is 9.64 Å². The molecule has 0 fully saturated rings. The third kappa shape index (κ3) is 4.08. The van der Waals surface area contributed by atoms with Gasteiger partial charge in [0.05, 0.1) is 6.61 Å². The molecule has 0 aliphatic carbocycles. The van der Waals surface area contributed by atoms with Crippen LogP contribution in [-0.2, 0) is 6.18 Å². The van der Waals surface area contributed by atoms with Crippen LogP contribution >= 0.6 is 0 Å². The maximum Gasteiger partial charge on any atom is 0.423 e. The van der Waals surface area contributed by atoms with E-state index >= 15 is 0 Å². The Hall–Kier alpha value is -2.38. The van der Waals surface area contributed by atoms with Gasteiger partial charge in [0.25, 0.3) is 0 Å². The number of benzene rings is 1. The minimum Gasteiger partial charge on any atom is -0.477 e. The fourth-order valence-corrected chi connectivity index (χ4v) is 1.82. The van der Waals surface area contributed by atoms with E-state index in [1.165, 1.54) is 30.1 Å². The number of rotatable bonds is 5. The highest BCUT2D eigenvalue weighted by molar-refractivity contribution is 5.56. The number of aromatic nitrogens is 2. The van der Waals surface area contributed by atoms with Gasteiger partial charge in [-0.25, -0.2) is 9.37 Å². The standard InChI is InChI=1S/C15H15F4N3O/c1-3-7-23-13-12(15(17,18)19)9-20-14(21-13)22(2)11-6-4-5-10(16)8-11/h4-6,8-9H,3,7H2,1-2H3. The van der Waals surface area contributed by atoms with Gasteiger partial charge in [0.2, 0.25) is 11.8 Å². The summed E-state index contributed by atoms with van der Waals surface area (Å²) in [4.78, 5) is 8.92. The van der Waals surface area contributed by atoms with Crippen LogP contribution in [-0.4, -0.2) is 23.6 Å². The Morgan fingerprint density at radius 1 is 1.26 bits per heavy atom.